The van der Waals surface area contributed by atoms with Gasteiger partial charge in [0.15, 0.2) is 0 Å². The van der Waals surface area contributed by atoms with E-state index in [-0.39, 0.29) is 0 Å². The van der Waals surface area contributed by atoms with E-state index in [0.717, 1.165) is 148 Å². The second-order valence-corrected chi connectivity index (χ2v) is 20.9. The van der Waals surface area contributed by atoms with Crippen molar-refractivity contribution in [2.24, 2.45) is 0 Å². The van der Waals surface area contributed by atoms with Crippen molar-refractivity contribution in [2.75, 3.05) is 0 Å². The Bertz CT molecular complexity index is 5030. The Kier molecular flexibility index (Phi) is 9.09. The van der Waals surface area contributed by atoms with Crippen LogP contribution in [0, 0.1) is 22.7 Å². The van der Waals surface area contributed by atoms with Gasteiger partial charge in [0.05, 0.1) is 73.0 Å². The van der Waals surface area contributed by atoms with Crippen molar-refractivity contribution in [2.45, 2.75) is 19.4 Å². The molecule has 0 unspecified atom stereocenters. The zero-order valence-corrected chi connectivity index (χ0v) is 42.4. The first-order valence-corrected chi connectivity index (χ1v) is 26.3. The highest BCUT2D eigenvalue weighted by Crippen LogP contribution is 2.54. The first kappa shape index (κ1) is 43.8. The van der Waals surface area contributed by atoms with E-state index in [0.29, 0.717) is 11.1 Å². The molecule has 16 aromatic rings. The zero-order chi connectivity index (χ0) is 52.0. The van der Waals surface area contributed by atoms with E-state index in [4.69, 9.17) is 8.83 Å². The SMILES string of the molecule is CC(C)(c1c(-c2cccc(C#N)c2)c(-n2c3ccccc3c3ccc4oc5ccccc5c4c32)cc(-n2c3ccccc3c3ccc4oc5ccccc5c4c32)c1-c1cccc(C#N)c1)n1c2ccccc2c2ccccc21. The van der Waals surface area contributed by atoms with Crippen LogP contribution >= 0.6 is 0 Å². The lowest BCUT2D eigenvalue weighted by Gasteiger charge is -2.37. The molecule has 5 heterocycles. The molecule has 16 rings (SSSR count). The molecule has 0 fully saturated rings. The third-order valence-electron chi connectivity index (χ3n) is 16.4. The topological polar surface area (TPSA) is 88.7 Å². The average molecular weight is 998 g/mol. The monoisotopic (exact) mass is 997 g/mol. The fourth-order valence-corrected chi connectivity index (χ4v) is 13.4. The Labute approximate surface area is 446 Å². The minimum atomic E-state index is -0.906. The summed E-state index contributed by atoms with van der Waals surface area (Å²) in [5, 5.41) is 32.4. The summed E-state index contributed by atoms with van der Waals surface area (Å²) >= 11 is 0. The Balaban J connectivity index is 1.23. The van der Waals surface area contributed by atoms with Crippen molar-refractivity contribution < 1.29 is 8.83 Å². The maximum atomic E-state index is 10.8. The fraction of sp³-hybridized carbons (Fsp3) is 0.0423. The smallest absolute Gasteiger partial charge is 0.137 e. The molecule has 0 amide bonds. The van der Waals surface area contributed by atoms with Crippen LogP contribution < -0.4 is 0 Å². The Morgan fingerprint density at radius 2 is 0.744 bits per heavy atom. The number of furan rings is 2. The van der Waals surface area contributed by atoms with E-state index in [9.17, 15) is 10.5 Å². The van der Waals surface area contributed by atoms with Crippen LogP contribution in [0.1, 0.15) is 30.5 Å². The second kappa shape index (κ2) is 16.2. The molecule has 0 radical (unpaired) electrons. The number of fused-ring (bicyclic) bond motifs is 17. The highest BCUT2D eigenvalue weighted by molar-refractivity contribution is 6.26. The van der Waals surface area contributed by atoms with E-state index in [1.54, 1.807) is 0 Å². The van der Waals surface area contributed by atoms with E-state index in [1.165, 1.54) is 0 Å². The summed E-state index contributed by atoms with van der Waals surface area (Å²) in [6, 6.07) is 83.6. The molecule has 0 saturated carbocycles. The van der Waals surface area contributed by atoms with E-state index in [1.807, 2.05) is 60.7 Å². The molecule has 0 spiro atoms. The van der Waals surface area contributed by atoms with Crippen LogP contribution in [-0.4, -0.2) is 13.7 Å². The van der Waals surface area contributed by atoms with Gasteiger partial charge in [-0.3, -0.25) is 0 Å². The van der Waals surface area contributed by atoms with Gasteiger partial charge in [0.1, 0.15) is 22.3 Å². The maximum Gasteiger partial charge on any atom is 0.137 e. The third-order valence-corrected chi connectivity index (χ3v) is 16.4. The largest absolute Gasteiger partial charge is 0.456 e. The number of nitrogens with zero attached hydrogens (tertiary/aromatic N) is 5. The van der Waals surface area contributed by atoms with Gasteiger partial charge in [-0.15, -0.1) is 0 Å². The zero-order valence-electron chi connectivity index (χ0n) is 42.4. The van der Waals surface area contributed by atoms with E-state index >= 15 is 0 Å². The predicted octanol–water partition coefficient (Wildman–Crippen LogP) is 18.6. The van der Waals surface area contributed by atoms with Gasteiger partial charge >= 0.3 is 0 Å². The number of hydrogen-bond acceptors (Lipinski definition) is 4. The van der Waals surface area contributed by atoms with Crippen LogP contribution in [0.4, 0.5) is 0 Å². The summed E-state index contributed by atoms with van der Waals surface area (Å²) in [5.74, 6) is 0. The molecule has 5 aromatic heterocycles. The van der Waals surface area contributed by atoms with Gasteiger partial charge in [0.2, 0.25) is 0 Å². The number of para-hydroxylation sites is 6. The van der Waals surface area contributed by atoms with Crippen molar-refractivity contribution in [3.05, 3.63) is 241 Å². The summed E-state index contributed by atoms with van der Waals surface area (Å²) < 4.78 is 20.9. The highest BCUT2D eigenvalue weighted by atomic mass is 16.3. The molecule has 0 saturated heterocycles. The Hall–Kier alpha value is -10.6. The van der Waals surface area contributed by atoms with Crippen molar-refractivity contribution in [3.63, 3.8) is 0 Å². The van der Waals surface area contributed by atoms with Gasteiger partial charge in [0.25, 0.3) is 0 Å². The van der Waals surface area contributed by atoms with E-state index in [2.05, 4.69) is 203 Å². The summed E-state index contributed by atoms with van der Waals surface area (Å²) in [7, 11) is 0. The van der Waals surface area contributed by atoms with Crippen molar-refractivity contribution in [1.29, 1.82) is 10.5 Å². The quantitative estimate of drug-likeness (QED) is 0.166. The molecule has 0 aliphatic heterocycles. The van der Waals surface area contributed by atoms with Crippen LogP contribution in [0.25, 0.3) is 143 Å². The van der Waals surface area contributed by atoms with Crippen LogP contribution in [0.3, 0.4) is 0 Å². The van der Waals surface area contributed by atoms with Gasteiger partial charge < -0.3 is 22.5 Å². The van der Waals surface area contributed by atoms with Gasteiger partial charge in [-0.1, -0.05) is 133 Å². The predicted molar refractivity (Wildman–Crippen MR) is 318 cm³/mol. The van der Waals surface area contributed by atoms with Crippen LogP contribution in [0.5, 0.6) is 0 Å². The van der Waals surface area contributed by atoms with Crippen LogP contribution in [-0.2, 0) is 5.54 Å². The summed E-state index contributed by atoms with van der Waals surface area (Å²) in [6.07, 6.45) is 0. The van der Waals surface area contributed by atoms with Gasteiger partial charge in [0, 0.05) is 65.3 Å². The van der Waals surface area contributed by atoms with Crippen LogP contribution in [0.2, 0.25) is 0 Å². The van der Waals surface area contributed by atoms with Gasteiger partial charge in [-0.25, -0.2) is 0 Å². The van der Waals surface area contributed by atoms with E-state index < -0.39 is 5.54 Å². The Morgan fingerprint density at radius 3 is 1.18 bits per heavy atom. The molecule has 78 heavy (non-hydrogen) atoms. The molecule has 364 valence electrons. The molecule has 11 aromatic carbocycles. The number of benzene rings is 11. The lowest BCUT2D eigenvalue weighted by Crippen LogP contribution is -2.30. The molecule has 0 aliphatic carbocycles. The van der Waals surface area contributed by atoms with Crippen LogP contribution in [0.15, 0.2) is 233 Å². The molecular weight excluding hydrogens is 955 g/mol. The van der Waals surface area contributed by atoms with Crippen molar-refractivity contribution in [3.8, 4) is 45.8 Å². The lowest BCUT2D eigenvalue weighted by molar-refractivity contribution is 0.467. The molecule has 0 bridgehead atoms. The maximum absolute atomic E-state index is 10.8. The Morgan fingerprint density at radius 1 is 0.359 bits per heavy atom. The summed E-state index contributed by atoms with van der Waals surface area (Å²) in [4.78, 5) is 0. The van der Waals surface area contributed by atoms with Crippen molar-refractivity contribution >= 4 is 109 Å². The van der Waals surface area contributed by atoms with Gasteiger partial charge in [-0.05, 0) is 122 Å². The summed E-state index contributed by atoms with van der Waals surface area (Å²) in [5.41, 5.74) is 16.0. The third kappa shape index (κ3) is 5.96. The van der Waals surface area contributed by atoms with Gasteiger partial charge in [-0.2, -0.15) is 10.5 Å². The first-order valence-electron chi connectivity index (χ1n) is 26.3. The molecule has 7 nitrogen and oxygen atoms in total. The first-order chi connectivity index (χ1) is 38.4. The number of aromatic nitrogens is 3. The number of nitriles is 2. The lowest BCUT2D eigenvalue weighted by atomic mass is 9.78. The number of rotatable bonds is 6. The molecule has 0 aliphatic rings. The minimum absolute atomic E-state index is 0.540. The standard InChI is InChI=1S/C71H43N5O2/c1-71(2,76-56-29-11-5-21-46(56)47-22-6-12-30-57(47)76)68-64(44-19-15-17-42(37-44)40-72)58(74-54-27-9-3-23-48(54)50-33-35-62-66(69(50)74)52-25-7-13-31-60(52)77-62)39-59(65(68)45-20-16-18-43(38-45)41-73)75-55-28-10-4-24-49(55)51-34-36-63-67(70(51)75)53-26-8-14-32-61(53)78-63/h3-39H,1-2H3. The second-order valence-electron chi connectivity index (χ2n) is 20.9. The average Bonchev–Trinajstić information content (AvgIpc) is 3.95. The fourth-order valence-electron chi connectivity index (χ4n) is 13.4. The molecule has 0 N–H and O–H groups in total. The normalized spacial score (nSPS) is 12.2. The molecular formula is C71H43N5O2. The number of hydrogen-bond donors (Lipinski definition) is 0. The summed E-state index contributed by atoms with van der Waals surface area (Å²) in [6.45, 7) is 4.68. The highest BCUT2D eigenvalue weighted by Gasteiger charge is 2.38. The van der Waals surface area contributed by atoms with Crippen molar-refractivity contribution in [1.82, 2.24) is 13.7 Å². The minimum Gasteiger partial charge on any atom is -0.456 e. The molecule has 0 atom stereocenters. The molecule has 7 heteroatoms.